The van der Waals surface area contributed by atoms with E-state index in [2.05, 4.69) is 31.7 Å². The Bertz CT molecular complexity index is 675. The molecular formula is C17H22BrClN4O2. The van der Waals surface area contributed by atoms with Gasteiger partial charge in [0.05, 0.1) is 6.54 Å². The van der Waals surface area contributed by atoms with Gasteiger partial charge >= 0.3 is 0 Å². The Morgan fingerprint density at radius 3 is 2.84 bits per heavy atom. The fourth-order valence-corrected chi connectivity index (χ4v) is 3.36. The lowest BCUT2D eigenvalue weighted by Crippen LogP contribution is -2.55. The molecule has 1 aliphatic heterocycles. The molecule has 3 rings (SSSR count). The lowest BCUT2D eigenvalue weighted by Gasteiger charge is -2.36. The molecule has 1 aromatic heterocycles. The zero-order chi connectivity index (χ0) is 16.8. The molecule has 0 bridgehead atoms. The molecule has 25 heavy (non-hydrogen) atoms. The molecule has 0 aliphatic carbocycles. The number of carbonyl (C=O) groups is 1. The van der Waals surface area contributed by atoms with Crippen LogP contribution in [0.1, 0.15) is 12.8 Å². The molecule has 6 nitrogen and oxygen atoms in total. The average Bonchev–Trinajstić information content (AvgIpc) is 3.14. The third-order valence-corrected chi connectivity index (χ3v) is 4.74. The smallest absolute Gasteiger partial charge is 0.248 e. The zero-order valence-electron chi connectivity index (χ0n) is 13.8. The Labute approximate surface area is 161 Å². The Morgan fingerprint density at radius 1 is 1.36 bits per heavy atom. The van der Waals surface area contributed by atoms with Crippen LogP contribution >= 0.6 is 28.3 Å². The van der Waals surface area contributed by atoms with Crippen LogP contribution in [-0.4, -0.2) is 41.9 Å². The SMILES string of the molecule is Cl.O=C(NCCOc1cccc(Br)c1)C1(n2cccn2)CCNCC1. The molecule has 0 spiro atoms. The van der Waals surface area contributed by atoms with E-state index in [0.29, 0.717) is 13.2 Å². The molecule has 0 saturated carbocycles. The summed E-state index contributed by atoms with van der Waals surface area (Å²) in [7, 11) is 0. The first-order valence-corrected chi connectivity index (χ1v) is 8.87. The second kappa shape index (κ2) is 9.22. The van der Waals surface area contributed by atoms with E-state index in [-0.39, 0.29) is 18.3 Å². The van der Waals surface area contributed by atoms with Crippen molar-refractivity contribution in [3.8, 4) is 5.75 Å². The number of hydrogen-bond donors (Lipinski definition) is 2. The fourth-order valence-electron chi connectivity index (χ4n) is 2.98. The Morgan fingerprint density at radius 2 is 2.16 bits per heavy atom. The molecule has 0 atom stereocenters. The van der Waals surface area contributed by atoms with Crippen LogP contribution in [0.4, 0.5) is 0 Å². The minimum Gasteiger partial charge on any atom is -0.492 e. The first-order chi connectivity index (χ1) is 11.7. The summed E-state index contributed by atoms with van der Waals surface area (Å²) in [6, 6.07) is 9.51. The number of carbonyl (C=O) groups excluding carboxylic acids is 1. The molecule has 1 fully saturated rings. The van der Waals surface area contributed by atoms with E-state index in [0.717, 1.165) is 36.2 Å². The van der Waals surface area contributed by atoms with E-state index in [1.807, 2.05) is 36.5 Å². The van der Waals surface area contributed by atoms with E-state index in [9.17, 15) is 4.79 Å². The summed E-state index contributed by atoms with van der Waals surface area (Å²) in [5, 5.41) is 10.6. The Hall–Kier alpha value is -1.57. The standard InChI is InChI=1S/C17H21BrN4O2.ClH/c18-14-3-1-4-15(13-14)24-12-10-20-16(23)17(5-8-19-9-6-17)22-11-2-7-21-22;/h1-4,7,11,13,19H,5-6,8-10,12H2,(H,20,23);1H. The molecule has 2 aromatic rings. The highest BCUT2D eigenvalue weighted by molar-refractivity contribution is 9.10. The van der Waals surface area contributed by atoms with Crippen LogP contribution < -0.4 is 15.4 Å². The van der Waals surface area contributed by atoms with Crippen LogP contribution in [0.15, 0.2) is 47.2 Å². The number of halogens is 2. The maximum atomic E-state index is 12.8. The van der Waals surface area contributed by atoms with Crippen molar-refractivity contribution in [1.82, 2.24) is 20.4 Å². The van der Waals surface area contributed by atoms with Crippen molar-refractivity contribution >= 4 is 34.2 Å². The topological polar surface area (TPSA) is 68.2 Å². The van der Waals surface area contributed by atoms with Gasteiger partial charge in [0.15, 0.2) is 0 Å². The molecule has 2 heterocycles. The van der Waals surface area contributed by atoms with Crippen LogP contribution in [0.2, 0.25) is 0 Å². The molecule has 1 aromatic carbocycles. The van der Waals surface area contributed by atoms with Crippen LogP contribution in [-0.2, 0) is 10.3 Å². The molecular weight excluding hydrogens is 408 g/mol. The summed E-state index contributed by atoms with van der Waals surface area (Å²) >= 11 is 3.41. The van der Waals surface area contributed by atoms with Crippen molar-refractivity contribution in [2.24, 2.45) is 0 Å². The van der Waals surface area contributed by atoms with Gasteiger partial charge in [-0.3, -0.25) is 9.48 Å². The number of rotatable bonds is 6. The first kappa shape index (κ1) is 19.8. The van der Waals surface area contributed by atoms with Gasteiger partial charge in [-0.2, -0.15) is 5.10 Å². The predicted molar refractivity (Wildman–Crippen MR) is 102 cm³/mol. The first-order valence-electron chi connectivity index (χ1n) is 8.08. The molecule has 1 saturated heterocycles. The molecule has 136 valence electrons. The van der Waals surface area contributed by atoms with Crippen molar-refractivity contribution in [2.75, 3.05) is 26.2 Å². The molecule has 0 radical (unpaired) electrons. The third kappa shape index (κ3) is 4.74. The van der Waals surface area contributed by atoms with Crippen molar-refractivity contribution < 1.29 is 9.53 Å². The van der Waals surface area contributed by atoms with Crippen LogP contribution in [0.5, 0.6) is 5.75 Å². The van der Waals surface area contributed by atoms with Crippen molar-refractivity contribution in [2.45, 2.75) is 18.4 Å². The van der Waals surface area contributed by atoms with E-state index in [4.69, 9.17) is 4.74 Å². The van der Waals surface area contributed by atoms with E-state index in [1.165, 1.54) is 0 Å². The number of piperidine rings is 1. The zero-order valence-corrected chi connectivity index (χ0v) is 16.2. The molecule has 0 unspecified atom stereocenters. The highest BCUT2D eigenvalue weighted by Gasteiger charge is 2.41. The number of benzene rings is 1. The van der Waals surface area contributed by atoms with E-state index in [1.54, 1.807) is 10.9 Å². The number of amides is 1. The summed E-state index contributed by atoms with van der Waals surface area (Å²) < 4.78 is 8.43. The summed E-state index contributed by atoms with van der Waals surface area (Å²) in [6.07, 6.45) is 5.04. The van der Waals surface area contributed by atoms with E-state index >= 15 is 0 Å². The minimum absolute atomic E-state index is 0. The van der Waals surface area contributed by atoms with Crippen LogP contribution in [0, 0.1) is 0 Å². The lowest BCUT2D eigenvalue weighted by molar-refractivity contribution is -0.132. The molecule has 2 N–H and O–H groups in total. The van der Waals surface area contributed by atoms with Crippen molar-refractivity contribution in [3.63, 3.8) is 0 Å². The van der Waals surface area contributed by atoms with Gasteiger partial charge in [0.25, 0.3) is 0 Å². The Balaban J connectivity index is 0.00000225. The van der Waals surface area contributed by atoms with Crippen molar-refractivity contribution in [3.05, 3.63) is 47.2 Å². The molecule has 1 aliphatic rings. The van der Waals surface area contributed by atoms with Gasteiger partial charge in [0, 0.05) is 16.9 Å². The van der Waals surface area contributed by atoms with E-state index < -0.39 is 5.54 Å². The van der Waals surface area contributed by atoms with Gasteiger partial charge in [-0.15, -0.1) is 12.4 Å². The largest absolute Gasteiger partial charge is 0.492 e. The lowest BCUT2D eigenvalue weighted by atomic mass is 9.87. The predicted octanol–water partition coefficient (Wildman–Crippen LogP) is 2.34. The normalized spacial score (nSPS) is 15.9. The summed E-state index contributed by atoms with van der Waals surface area (Å²) in [5.74, 6) is 0.785. The number of hydrogen-bond acceptors (Lipinski definition) is 4. The monoisotopic (exact) mass is 428 g/mol. The van der Waals surface area contributed by atoms with Gasteiger partial charge in [0.1, 0.15) is 17.9 Å². The fraction of sp³-hybridized carbons (Fsp3) is 0.412. The minimum atomic E-state index is -0.607. The average molecular weight is 430 g/mol. The number of nitrogens with zero attached hydrogens (tertiary/aromatic N) is 2. The van der Waals surface area contributed by atoms with Gasteiger partial charge < -0.3 is 15.4 Å². The quantitative estimate of drug-likeness (QED) is 0.692. The highest BCUT2D eigenvalue weighted by Crippen LogP contribution is 2.27. The summed E-state index contributed by atoms with van der Waals surface area (Å²) in [6.45, 7) is 2.50. The van der Waals surface area contributed by atoms with Crippen LogP contribution in [0.3, 0.4) is 0 Å². The van der Waals surface area contributed by atoms with Crippen molar-refractivity contribution in [1.29, 1.82) is 0 Å². The van der Waals surface area contributed by atoms with Gasteiger partial charge in [0.2, 0.25) is 5.91 Å². The number of aromatic nitrogens is 2. The highest BCUT2D eigenvalue weighted by atomic mass is 79.9. The molecule has 1 amide bonds. The maximum absolute atomic E-state index is 12.8. The molecule has 8 heteroatoms. The van der Waals surface area contributed by atoms with Crippen LogP contribution in [0.25, 0.3) is 0 Å². The maximum Gasteiger partial charge on any atom is 0.248 e. The van der Waals surface area contributed by atoms with Gasteiger partial charge in [-0.1, -0.05) is 22.0 Å². The number of nitrogens with one attached hydrogen (secondary N) is 2. The van der Waals surface area contributed by atoms with Gasteiger partial charge in [-0.05, 0) is 50.2 Å². The second-order valence-corrected chi connectivity index (χ2v) is 6.71. The number of ether oxygens (including phenoxy) is 1. The van der Waals surface area contributed by atoms with Gasteiger partial charge in [-0.25, -0.2) is 0 Å². The Kier molecular flexibility index (Phi) is 7.28. The summed E-state index contributed by atoms with van der Waals surface area (Å²) in [5.41, 5.74) is -0.607. The second-order valence-electron chi connectivity index (χ2n) is 5.79. The third-order valence-electron chi connectivity index (χ3n) is 4.25. The summed E-state index contributed by atoms with van der Waals surface area (Å²) in [4.78, 5) is 12.8.